The Labute approximate surface area is 206 Å². The molecule has 0 saturated carbocycles. The van der Waals surface area contributed by atoms with E-state index >= 15 is 0 Å². The minimum Gasteiger partial charge on any atom is -0.494 e. The first-order valence-corrected chi connectivity index (χ1v) is 11.6. The van der Waals surface area contributed by atoms with Gasteiger partial charge in [-0.05, 0) is 49.2 Å². The molecule has 188 valence electrons. The van der Waals surface area contributed by atoms with Crippen LogP contribution < -0.4 is 26.0 Å². The SMILES string of the molecule is CCOc1ccc(Oc2cc(CNC(=O)CCCn3cnc4c3c(=O)n(C)c(=O)n4C)ccn2)cc1. The van der Waals surface area contributed by atoms with Crippen LogP contribution in [0.1, 0.15) is 25.3 Å². The zero-order chi connectivity index (χ0) is 25.7. The van der Waals surface area contributed by atoms with E-state index in [1.54, 1.807) is 36.0 Å². The number of hydrogen-bond acceptors (Lipinski definition) is 7. The average Bonchev–Trinajstić information content (AvgIpc) is 3.31. The fourth-order valence-electron chi connectivity index (χ4n) is 3.77. The molecule has 11 nitrogen and oxygen atoms in total. The summed E-state index contributed by atoms with van der Waals surface area (Å²) >= 11 is 0. The van der Waals surface area contributed by atoms with Gasteiger partial charge in [-0.15, -0.1) is 0 Å². The molecule has 0 aliphatic heterocycles. The van der Waals surface area contributed by atoms with E-state index in [0.29, 0.717) is 48.9 Å². The van der Waals surface area contributed by atoms with Crippen molar-refractivity contribution in [3.05, 3.63) is 75.3 Å². The number of aromatic nitrogens is 5. The largest absolute Gasteiger partial charge is 0.494 e. The van der Waals surface area contributed by atoms with Crippen LogP contribution in [-0.2, 0) is 32.0 Å². The number of pyridine rings is 1. The molecular formula is C25H28N6O5. The lowest BCUT2D eigenvalue weighted by Crippen LogP contribution is -2.37. The van der Waals surface area contributed by atoms with Crippen molar-refractivity contribution < 1.29 is 14.3 Å². The van der Waals surface area contributed by atoms with Crippen molar-refractivity contribution >= 4 is 17.1 Å². The predicted octanol–water partition coefficient (Wildman–Crippen LogP) is 2.12. The second kappa shape index (κ2) is 10.9. The first-order chi connectivity index (χ1) is 17.4. The molecule has 0 spiro atoms. The Morgan fingerprint density at radius 2 is 1.78 bits per heavy atom. The van der Waals surface area contributed by atoms with Crippen LogP contribution in [0.3, 0.4) is 0 Å². The van der Waals surface area contributed by atoms with Gasteiger partial charge in [-0.2, -0.15) is 0 Å². The van der Waals surface area contributed by atoms with Crippen molar-refractivity contribution in [3.63, 3.8) is 0 Å². The topological polar surface area (TPSA) is 122 Å². The first kappa shape index (κ1) is 24.7. The highest BCUT2D eigenvalue weighted by Crippen LogP contribution is 2.23. The molecule has 11 heteroatoms. The minimum absolute atomic E-state index is 0.120. The summed E-state index contributed by atoms with van der Waals surface area (Å²) in [4.78, 5) is 45.4. The molecule has 0 aliphatic carbocycles. The van der Waals surface area contributed by atoms with Gasteiger partial charge in [-0.1, -0.05) is 0 Å². The summed E-state index contributed by atoms with van der Waals surface area (Å²) in [5, 5.41) is 2.89. The molecule has 36 heavy (non-hydrogen) atoms. The number of amides is 1. The van der Waals surface area contributed by atoms with E-state index in [0.717, 1.165) is 15.9 Å². The molecule has 0 aliphatic rings. The molecule has 0 unspecified atom stereocenters. The molecule has 4 rings (SSSR count). The highest BCUT2D eigenvalue weighted by molar-refractivity contribution is 5.76. The minimum atomic E-state index is -0.429. The third kappa shape index (κ3) is 5.45. The van der Waals surface area contributed by atoms with Gasteiger partial charge in [0.1, 0.15) is 11.5 Å². The number of rotatable bonds is 10. The summed E-state index contributed by atoms with van der Waals surface area (Å²) in [6, 6.07) is 10.8. The number of aryl methyl sites for hydroxylation is 2. The molecule has 0 atom stereocenters. The number of carbonyl (C=O) groups is 1. The van der Waals surface area contributed by atoms with Gasteiger partial charge in [-0.25, -0.2) is 14.8 Å². The van der Waals surface area contributed by atoms with Crippen LogP contribution in [0.15, 0.2) is 58.5 Å². The van der Waals surface area contributed by atoms with E-state index in [4.69, 9.17) is 9.47 Å². The first-order valence-electron chi connectivity index (χ1n) is 11.6. The van der Waals surface area contributed by atoms with E-state index in [1.165, 1.54) is 17.9 Å². The number of nitrogens with zero attached hydrogens (tertiary/aromatic N) is 5. The van der Waals surface area contributed by atoms with Crippen LogP contribution in [0.5, 0.6) is 17.4 Å². The van der Waals surface area contributed by atoms with E-state index in [-0.39, 0.29) is 12.3 Å². The Hall–Kier alpha value is -4.41. The monoisotopic (exact) mass is 492 g/mol. The van der Waals surface area contributed by atoms with E-state index in [2.05, 4.69) is 15.3 Å². The summed E-state index contributed by atoms with van der Waals surface area (Å²) < 4.78 is 15.3. The summed E-state index contributed by atoms with van der Waals surface area (Å²) in [5.41, 5.74) is 0.687. The molecule has 0 radical (unpaired) electrons. The lowest BCUT2D eigenvalue weighted by Gasteiger charge is -2.09. The van der Waals surface area contributed by atoms with Crippen LogP contribution in [0, 0.1) is 0 Å². The van der Waals surface area contributed by atoms with Crippen molar-refractivity contribution in [2.75, 3.05) is 6.61 Å². The quantitative estimate of drug-likeness (QED) is 0.360. The number of carbonyl (C=O) groups excluding carboxylic acids is 1. The van der Waals surface area contributed by atoms with Gasteiger partial charge in [-0.3, -0.25) is 18.7 Å². The van der Waals surface area contributed by atoms with E-state index < -0.39 is 11.2 Å². The zero-order valence-electron chi connectivity index (χ0n) is 20.4. The summed E-state index contributed by atoms with van der Waals surface area (Å²) in [6.45, 7) is 3.27. The summed E-state index contributed by atoms with van der Waals surface area (Å²) in [5.74, 6) is 1.71. The smallest absolute Gasteiger partial charge is 0.332 e. The molecule has 0 fully saturated rings. The summed E-state index contributed by atoms with van der Waals surface area (Å²) in [7, 11) is 3.01. The predicted molar refractivity (Wildman–Crippen MR) is 133 cm³/mol. The second-order valence-corrected chi connectivity index (χ2v) is 8.21. The Balaban J connectivity index is 1.29. The van der Waals surface area contributed by atoms with Crippen LogP contribution in [0.25, 0.3) is 11.2 Å². The molecule has 1 aromatic carbocycles. The molecule has 0 saturated heterocycles. The molecule has 1 N–H and O–H groups in total. The van der Waals surface area contributed by atoms with Crippen molar-refractivity contribution in [1.29, 1.82) is 0 Å². The maximum Gasteiger partial charge on any atom is 0.332 e. The standard InChI is InChI=1S/C25H28N6O5/c1-4-35-18-7-9-19(10-8-18)36-21-14-17(11-12-26-21)15-27-20(32)6-5-13-31-16-28-23-22(31)24(33)30(3)25(34)29(23)2/h7-12,14,16H,4-6,13,15H2,1-3H3,(H,27,32). The number of imidazole rings is 1. The normalized spacial score (nSPS) is 11.0. The molecule has 0 bridgehead atoms. The van der Waals surface area contributed by atoms with Gasteiger partial charge in [0.15, 0.2) is 11.2 Å². The van der Waals surface area contributed by atoms with Crippen LogP contribution >= 0.6 is 0 Å². The Morgan fingerprint density at radius 1 is 1.03 bits per heavy atom. The van der Waals surface area contributed by atoms with Gasteiger partial charge in [0.05, 0.1) is 12.9 Å². The van der Waals surface area contributed by atoms with E-state index in [9.17, 15) is 14.4 Å². The van der Waals surface area contributed by atoms with Crippen molar-refractivity contribution in [1.82, 2.24) is 29.0 Å². The molecule has 3 aromatic heterocycles. The van der Waals surface area contributed by atoms with Crippen molar-refractivity contribution in [3.8, 4) is 17.4 Å². The Kier molecular flexibility index (Phi) is 7.47. The lowest BCUT2D eigenvalue weighted by atomic mass is 10.2. The van der Waals surface area contributed by atoms with Crippen molar-refractivity contribution in [2.45, 2.75) is 32.9 Å². The fraction of sp³-hybridized carbons (Fsp3) is 0.320. The maximum absolute atomic E-state index is 12.5. The third-order valence-corrected chi connectivity index (χ3v) is 5.67. The van der Waals surface area contributed by atoms with Gasteiger partial charge in [0, 0.05) is 45.9 Å². The highest BCUT2D eigenvalue weighted by atomic mass is 16.5. The molecule has 1 amide bonds. The number of benzene rings is 1. The van der Waals surface area contributed by atoms with Gasteiger partial charge in [0.25, 0.3) is 5.56 Å². The Morgan fingerprint density at radius 3 is 2.53 bits per heavy atom. The van der Waals surface area contributed by atoms with Gasteiger partial charge in [0.2, 0.25) is 11.8 Å². The number of nitrogens with one attached hydrogen (secondary N) is 1. The second-order valence-electron chi connectivity index (χ2n) is 8.21. The summed E-state index contributed by atoms with van der Waals surface area (Å²) in [6.07, 6.45) is 3.92. The highest BCUT2D eigenvalue weighted by Gasteiger charge is 2.14. The number of ether oxygens (including phenoxy) is 2. The zero-order valence-corrected chi connectivity index (χ0v) is 20.4. The Bertz CT molecular complexity index is 1490. The fourth-order valence-corrected chi connectivity index (χ4v) is 3.77. The van der Waals surface area contributed by atoms with Gasteiger partial charge < -0.3 is 19.4 Å². The van der Waals surface area contributed by atoms with Crippen LogP contribution in [0.2, 0.25) is 0 Å². The third-order valence-electron chi connectivity index (χ3n) is 5.67. The van der Waals surface area contributed by atoms with Crippen LogP contribution in [-0.4, -0.2) is 36.2 Å². The van der Waals surface area contributed by atoms with Crippen molar-refractivity contribution in [2.24, 2.45) is 14.1 Å². The molecule has 3 heterocycles. The number of hydrogen-bond donors (Lipinski definition) is 1. The maximum atomic E-state index is 12.5. The lowest BCUT2D eigenvalue weighted by molar-refractivity contribution is -0.121. The van der Waals surface area contributed by atoms with E-state index in [1.807, 2.05) is 25.1 Å². The molecular weight excluding hydrogens is 464 g/mol. The number of fused-ring (bicyclic) bond motifs is 1. The molecule has 4 aromatic rings. The average molecular weight is 493 g/mol. The van der Waals surface area contributed by atoms with Crippen LogP contribution in [0.4, 0.5) is 0 Å². The van der Waals surface area contributed by atoms with Gasteiger partial charge >= 0.3 is 5.69 Å².